The van der Waals surface area contributed by atoms with Gasteiger partial charge in [0.15, 0.2) is 0 Å². The van der Waals surface area contributed by atoms with E-state index in [1.807, 2.05) is 48.5 Å². The molecule has 3 amide bonds. The van der Waals surface area contributed by atoms with Crippen molar-refractivity contribution >= 4 is 23.9 Å². The number of halogens is 3. The second-order valence-electron chi connectivity index (χ2n) is 12.2. The van der Waals surface area contributed by atoms with Crippen molar-refractivity contribution in [2.24, 2.45) is 0 Å². The summed E-state index contributed by atoms with van der Waals surface area (Å²) in [7, 11) is 2.72. The van der Waals surface area contributed by atoms with E-state index in [9.17, 15) is 37.5 Å². The largest absolute Gasteiger partial charge is 0.480 e. The van der Waals surface area contributed by atoms with Crippen LogP contribution in [0.2, 0.25) is 0 Å². The molecule has 0 saturated heterocycles. The molecule has 0 radical (unpaired) electrons. The average molecular weight is 664 g/mol. The fraction of sp³-hybridized carbons (Fsp3) is 0.333. The number of carboxylic acid groups (broad SMARTS) is 1. The first-order chi connectivity index (χ1) is 22.8. The lowest BCUT2D eigenvalue weighted by Crippen LogP contribution is -2.56. The normalized spacial score (nSPS) is 16.7. The van der Waals surface area contributed by atoms with Crippen LogP contribution >= 0.6 is 0 Å². The molecule has 1 heterocycles. The SMILES string of the molecule is CC1=CCN([C@@H](Cc2ccc(C(F)(F)F)cc2)C(=O)N(C)CC(=O)O)C(=O)[C@@H](N(C)C(=O)OCC2c3ccccc3-c3ccccc32)C1. The smallest absolute Gasteiger partial charge is 0.416 e. The highest BCUT2D eigenvalue weighted by Gasteiger charge is 2.40. The van der Waals surface area contributed by atoms with Crippen molar-refractivity contribution in [1.29, 1.82) is 0 Å². The molecule has 0 unspecified atom stereocenters. The maximum absolute atomic E-state index is 14.2. The third kappa shape index (κ3) is 7.22. The van der Waals surface area contributed by atoms with E-state index in [1.165, 1.54) is 36.0 Å². The molecule has 0 saturated carbocycles. The van der Waals surface area contributed by atoms with Crippen molar-refractivity contribution < 1.29 is 42.2 Å². The average Bonchev–Trinajstić information content (AvgIpc) is 3.29. The van der Waals surface area contributed by atoms with E-state index in [0.717, 1.165) is 44.9 Å². The lowest BCUT2D eigenvalue weighted by atomic mass is 9.98. The van der Waals surface area contributed by atoms with Gasteiger partial charge in [0, 0.05) is 33.0 Å². The molecule has 1 aliphatic heterocycles. The zero-order chi connectivity index (χ0) is 34.7. The Morgan fingerprint density at radius 2 is 1.54 bits per heavy atom. The molecule has 3 aromatic rings. The topological polar surface area (TPSA) is 107 Å². The van der Waals surface area contributed by atoms with Gasteiger partial charge in [0.2, 0.25) is 11.8 Å². The summed E-state index contributed by atoms with van der Waals surface area (Å²) in [5.74, 6) is -2.76. The van der Waals surface area contributed by atoms with Gasteiger partial charge in [-0.15, -0.1) is 0 Å². The first-order valence-electron chi connectivity index (χ1n) is 15.4. The van der Waals surface area contributed by atoms with Crippen LogP contribution in [0, 0.1) is 0 Å². The molecular weight excluding hydrogens is 627 g/mol. The number of hydrogen-bond donors (Lipinski definition) is 1. The number of aliphatic carboxylic acids is 1. The number of ether oxygens (including phenoxy) is 1. The van der Waals surface area contributed by atoms with Gasteiger partial charge in [0.05, 0.1) is 5.56 Å². The summed E-state index contributed by atoms with van der Waals surface area (Å²) < 4.78 is 45.4. The van der Waals surface area contributed by atoms with Gasteiger partial charge in [-0.2, -0.15) is 13.2 Å². The number of hydrogen-bond acceptors (Lipinski definition) is 5. The molecule has 2 atom stereocenters. The van der Waals surface area contributed by atoms with Gasteiger partial charge in [0.1, 0.15) is 25.2 Å². The zero-order valence-corrected chi connectivity index (χ0v) is 26.7. The summed E-state index contributed by atoms with van der Waals surface area (Å²) in [6, 6.07) is 17.7. The van der Waals surface area contributed by atoms with Crippen LogP contribution in [-0.4, -0.2) is 89.6 Å². The summed E-state index contributed by atoms with van der Waals surface area (Å²) in [4.78, 5) is 56.2. The first-order valence-corrected chi connectivity index (χ1v) is 15.4. The van der Waals surface area contributed by atoms with E-state index in [1.54, 1.807) is 13.0 Å². The second kappa shape index (κ2) is 13.9. The van der Waals surface area contributed by atoms with Gasteiger partial charge in [-0.25, -0.2) is 4.79 Å². The molecule has 0 fully saturated rings. The van der Waals surface area contributed by atoms with E-state index >= 15 is 0 Å². The number of alkyl halides is 3. The van der Waals surface area contributed by atoms with E-state index in [4.69, 9.17) is 4.74 Å². The van der Waals surface area contributed by atoms with Crippen molar-refractivity contribution in [3.63, 3.8) is 0 Å². The minimum absolute atomic E-state index is 0.0301. The Morgan fingerprint density at radius 1 is 0.958 bits per heavy atom. The summed E-state index contributed by atoms with van der Waals surface area (Å²) in [5.41, 5.74) is 4.42. The highest BCUT2D eigenvalue weighted by Crippen LogP contribution is 2.44. The molecule has 1 aliphatic carbocycles. The standard InChI is InChI=1S/C36H36F3N3O6/c1-22-16-17-42(31(33(45)40(2)20-32(43)44)19-23-12-14-24(15-13-23)36(37,38)39)34(46)30(18-22)41(3)35(47)48-21-29-27-10-6-4-8-25(27)26-9-5-7-11-28(26)29/h4-16,29-31H,17-21H2,1-3H3,(H,43,44)/t30-,31-/m0/s1. The molecule has 5 rings (SSSR count). The quantitative estimate of drug-likeness (QED) is 0.300. The van der Waals surface area contributed by atoms with Crippen molar-refractivity contribution in [2.45, 2.75) is 43.9 Å². The van der Waals surface area contributed by atoms with Crippen LogP contribution in [0.3, 0.4) is 0 Å². The van der Waals surface area contributed by atoms with Gasteiger partial charge in [-0.1, -0.05) is 72.3 Å². The molecule has 48 heavy (non-hydrogen) atoms. The Balaban J connectivity index is 1.38. The molecule has 1 N–H and O–H groups in total. The van der Waals surface area contributed by atoms with Crippen LogP contribution in [0.25, 0.3) is 11.1 Å². The fourth-order valence-corrected chi connectivity index (χ4v) is 6.34. The van der Waals surface area contributed by atoms with E-state index in [0.29, 0.717) is 5.56 Å². The number of benzene rings is 3. The number of carbonyl (C=O) groups is 4. The van der Waals surface area contributed by atoms with Gasteiger partial charge in [-0.3, -0.25) is 19.3 Å². The Bertz CT molecular complexity index is 1690. The molecule has 252 valence electrons. The number of likely N-dealkylation sites (N-methyl/N-ethyl adjacent to an activating group) is 2. The lowest BCUT2D eigenvalue weighted by molar-refractivity contribution is -0.150. The Labute approximate surface area is 276 Å². The molecule has 2 aliphatic rings. The third-order valence-electron chi connectivity index (χ3n) is 8.93. The van der Waals surface area contributed by atoms with Crippen LogP contribution in [0.4, 0.5) is 18.0 Å². The minimum atomic E-state index is -4.56. The molecule has 0 bridgehead atoms. The third-order valence-corrected chi connectivity index (χ3v) is 8.93. The lowest BCUT2D eigenvalue weighted by Gasteiger charge is -2.36. The van der Waals surface area contributed by atoms with Crippen LogP contribution in [0.5, 0.6) is 0 Å². The van der Waals surface area contributed by atoms with Crippen molar-refractivity contribution in [3.05, 3.63) is 107 Å². The van der Waals surface area contributed by atoms with Crippen LogP contribution in [0.15, 0.2) is 84.4 Å². The van der Waals surface area contributed by atoms with E-state index in [-0.39, 0.29) is 31.9 Å². The summed E-state index contributed by atoms with van der Waals surface area (Å²) >= 11 is 0. The van der Waals surface area contributed by atoms with Crippen molar-refractivity contribution in [3.8, 4) is 11.1 Å². The molecule has 0 spiro atoms. The van der Waals surface area contributed by atoms with Gasteiger partial charge in [-0.05, 0) is 53.3 Å². The summed E-state index contributed by atoms with van der Waals surface area (Å²) in [5, 5.41) is 9.32. The monoisotopic (exact) mass is 663 g/mol. The predicted molar refractivity (Wildman–Crippen MR) is 171 cm³/mol. The summed E-state index contributed by atoms with van der Waals surface area (Å²) in [6.45, 7) is 1.14. The highest BCUT2D eigenvalue weighted by molar-refractivity contribution is 5.93. The number of nitrogens with zero attached hydrogens (tertiary/aromatic N) is 3. The molecular formula is C36H36F3N3O6. The van der Waals surface area contributed by atoms with E-state index < -0.39 is 54.2 Å². The molecule has 3 aromatic carbocycles. The van der Waals surface area contributed by atoms with Gasteiger partial charge < -0.3 is 19.6 Å². The minimum Gasteiger partial charge on any atom is -0.480 e. The number of fused-ring (bicyclic) bond motifs is 3. The van der Waals surface area contributed by atoms with Gasteiger partial charge in [0.25, 0.3) is 0 Å². The maximum Gasteiger partial charge on any atom is 0.416 e. The first kappa shape index (κ1) is 34.2. The number of rotatable bonds is 9. The molecule has 0 aromatic heterocycles. The Kier molecular flexibility index (Phi) is 9.92. The number of carbonyl (C=O) groups excluding carboxylic acids is 3. The second-order valence-corrected chi connectivity index (χ2v) is 12.2. The number of carboxylic acids is 1. The van der Waals surface area contributed by atoms with Crippen molar-refractivity contribution in [1.82, 2.24) is 14.7 Å². The van der Waals surface area contributed by atoms with Crippen LogP contribution in [0.1, 0.15) is 41.5 Å². The van der Waals surface area contributed by atoms with Crippen LogP contribution in [-0.2, 0) is 31.7 Å². The Morgan fingerprint density at radius 3 is 2.10 bits per heavy atom. The highest BCUT2D eigenvalue weighted by atomic mass is 19.4. The zero-order valence-electron chi connectivity index (χ0n) is 26.7. The molecule has 12 heteroatoms. The van der Waals surface area contributed by atoms with Gasteiger partial charge >= 0.3 is 18.2 Å². The van der Waals surface area contributed by atoms with Crippen molar-refractivity contribution in [2.75, 3.05) is 33.8 Å². The molecule has 9 nitrogen and oxygen atoms in total. The summed E-state index contributed by atoms with van der Waals surface area (Å²) in [6.07, 6.45) is -3.58. The predicted octanol–water partition coefficient (Wildman–Crippen LogP) is 5.59. The number of amides is 3. The Hall–Kier alpha value is -5.13. The van der Waals surface area contributed by atoms with Crippen LogP contribution < -0.4 is 0 Å². The van der Waals surface area contributed by atoms with E-state index in [2.05, 4.69) is 0 Å². The fourth-order valence-electron chi connectivity index (χ4n) is 6.34. The maximum atomic E-state index is 14.2.